The van der Waals surface area contributed by atoms with E-state index in [9.17, 15) is 0 Å². The van der Waals surface area contributed by atoms with Gasteiger partial charge in [-0.15, -0.1) is 0 Å². The van der Waals surface area contributed by atoms with Crippen molar-refractivity contribution in [2.75, 3.05) is 6.54 Å². The first kappa shape index (κ1) is 13.2. The second-order valence-electron chi connectivity index (χ2n) is 6.65. The molecule has 0 saturated carbocycles. The minimum absolute atomic E-state index is 0.179. The lowest BCUT2D eigenvalue weighted by atomic mass is 9.54. The van der Waals surface area contributed by atoms with E-state index < -0.39 is 0 Å². The molecule has 2 fully saturated rings. The molecule has 2 saturated heterocycles. The van der Waals surface area contributed by atoms with Crippen LogP contribution in [0.2, 0.25) is 13.1 Å². The van der Waals surface area contributed by atoms with Crippen LogP contribution in [0.15, 0.2) is 60.7 Å². The number of benzene rings is 2. The average Bonchev–Trinajstić information content (AvgIpc) is 3.13. The first-order valence-electron chi connectivity index (χ1n) is 8.19. The van der Waals surface area contributed by atoms with Gasteiger partial charge in [0.1, 0.15) is 0 Å². The minimum atomic E-state index is 0.179. The van der Waals surface area contributed by atoms with Gasteiger partial charge in [0, 0.05) is 5.41 Å². The standard InChI is InChI=1S/C19H22BN/c1-20-15-19(16-9-4-2-5-10-16,17-11-6-3-7-12-17)18-13-8-14-21(18)20/h2-7,9-12,18H,8,13-15H2,1H3/q-1/t18-/m0/s1. The smallest absolute Gasteiger partial charge is 0.0000378 e. The van der Waals surface area contributed by atoms with Crippen LogP contribution in [0.1, 0.15) is 24.0 Å². The molecule has 107 valence electrons. The van der Waals surface area contributed by atoms with Crippen molar-refractivity contribution >= 4 is 6.85 Å². The third-order valence-corrected chi connectivity index (χ3v) is 5.62. The van der Waals surface area contributed by atoms with Crippen LogP contribution in [0.25, 0.3) is 0 Å². The van der Waals surface area contributed by atoms with E-state index in [2.05, 4.69) is 72.3 Å². The summed E-state index contributed by atoms with van der Waals surface area (Å²) in [7, 11) is 0. The lowest BCUT2D eigenvalue weighted by Crippen LogP contribution is -2.40. The third kappa shape index (κ3) is 1.89. The average molecular weight is 275 g/mol. The summed E-state index contributed by atoms with van der Waals surface area (Å²) >= 11 is 0. The summed E-state index contributed by atoms with van der Waals surface area (Å²) in [6, 6.07) is 23.1. The van der Waals surface area contributed by atoms with Crippen molar-refractivity contribution in [2.45, 2.75) is 37.4 Å². The van der Waals surface area contributed by atoms with Crippen molar-refractivity contribution < 1.29 is 0 Å². The highest BCUT2D eigenvalue weighted by atomic mass is 15.2. The van der Waals surface area contributed by atoms with E-state index in [1.165, 1.54) is 36.8 Å². The Labute approximate surface area is 128 Å². The second-order valence-corrected chi connectivity index (χ2v) is 6.65. The lowest BCUT2D eigenvalue weighted by molar-refractivity contribution is 0.338. The van der Waals surface area contributed by atoms with Gasteiger partial charge in [0.2, 0.25) is 0 Å². The molecule has 0 N–H and O–H groups in total. The zero-order valence-corrected chi connectivity index (χ0v) is 12.7. The molecular weight excluding hydrogens is 253 g/mol. The Balaban J connectivity index is 1.92. The van der Waals surface area contributed by atoms with E-state index in [1.807, 2.05) is 0 Å². The fourth-order valence-corrected chi connectivity index (χ4v) is 4.82. The Hall–Kier alpha value is -1.54. The topological polar surface area (TPSA) is 3.24 Å². The maximum atomic E-state index is 2.75. The van der Waals surface area contributed by atoms with E-state index in [0.717, 1.165) is 0 Å². The van der Waals surface area contributed by atoms with Gasteiger partial charge in [-0.3, -0.25) is 0 Å². The molecule has 4 rings (SSSR count). The van der Waals surface area contributed by atoms with Crippen LogP contribution in [0.4, 0.5) is 0 Å². The highest BCUT2D eigenvalue weighted by Crippen LogP contribution is 2.51. The molecule has 2 heteroatoms. The second kappa shape index (κ2) is 5.03. The summed E-state index contributed by atoms with van der Waals surface area (Å²) < 4.78 is 0. The van der Waals surface area contributed by atoms with Crippen LogP contribution in [0.3, 0.4) is 0 Å². The molecular formula is C19H22BN-. The van der Waals surface area contributed by atoms with Crippen LogP contribution in [-0.2, 0) is 5.41 Å². The van der Waals surface area contributed by atoms with Crippen molar-refractivity contribution in [2.24, 2.45) is 0 Å². The summed E-state index contributed by atoms with van der Waals surface area (Å²) in [5.74, 6) is 0. The van der Waals surface area contributed by atoms with Crippen molar-refractivity contribution in [3.8, 4) is 0 Å². The SMILES string of the molecule is C[B-]1CC(c2ccccc2)(c2ccccc2)[C@@H]2CCCN12. The molecule has 21 heavy (non-hydrogen) atoms. The molecule has 1 radical (unpaired) electrons. The fourth-order valence-electron chi connectivity index (χ4n) is 4.82. The third-order valence-electron chi connectivity index (χ3n) is 5.62. The predicted molar refractivity (Wildman–Crippen MR) is 89.8 cm³/mol. The van der Waals surface area contributed by atoms with Gasteiger partial charge in [0.15, 0.2) is 0 Å². The van der Waals surface area contributed by atoms with Crippen molar-refractivity contribution in [1.29, 1.82) is 0 Å². The molecule has 0 spiro atoms. The highest BCUT2D eigenvalue weighted by Gasteiger charge is 2.47. The molecule has 2 heterocycles. The zero-order chi connectivity index (χ0) is 14.3. The predicted octanol–water partition coefficient (Wildman–Crippen LogP) is 4.07. The molecule has 0 unspecified atom stereocenters. The van der Waals surface area contributed by atoms with Crippen LogP contribution in [-0.4, -0.2) is 24.2 Å². The Morgan fingerprint density at radius 2 is 1.52 bits per heavy atom. The van der Waals surface area contributed by atoms with Crippen LogP contribution < -0.4 is 0 Å². The number of rotatable bonds is 2. The van der Waals surface area contributed by atoms with Gasteiger partial charge in [-0.25, -0.2) is 6.82 Å². The summed E-state index contributed by atoms with van der Waals surface area (Å²) in [6.45, 7) is 4.36. The molecule has 2 aromatic carbocycles. The van der Waals surface area contributed by atoms with Gasteiger partial charge in [-0.2, -0.15) is 6.32 Å². The van der Waals surface area contributed by atoms with Crippen molar-refractivity contribution in [1.82, 2.24) is 4.81 Å². The molecule has 0 amide bonds. The molecule has 0 bridgehead atoms. The number of hydrogen-bond donors (Lipinski definition) is 0. The first-order valence-corrected chi connectivity index (χ1v) is 8.19. The lowest BCUT2D eigenvalue weighted by Gasteiger charge is -2.41. The van der Waals surface area contributed by atoms with Crippen LogP contribution >= 0.6 is 0 Å². The summed E-state index contributed by atoms with van der Waals surface area (Å²) in [6.07, 6.45) is 3.91. The van der Waals surface area contributed by atoms with Gasteiger partial charge in [-0.1, -0.05) is 67.5 Å². The van der Waals surface area contributed by atoms with Crippen LogP contribution in [0.5, 0.6) is 0 Å². The molecule has 1 nitrogen and oxygen atoms in total. The highest BCUT2D eigenvalue weighted by molar-refractivity contribution is 6.56. The van der Waals surface area contributed by atoms with Gasteiger partial charge >= 0.3 is 0 Å². The van der Waals surface area contributed by atoms with E-state index in [1.54, 1.807) is 0 Å². The first-order chi connectivity index (χ1) is 10.3. The molecule has 2 aliphatic heterocycles. The summed E-state index contributed by atoms with van der Waals surface area (Å²) in [5.41, 5.74) is 3.17. The zero-order valence-electron chi connectivity index (χ0n) is 12.7. The summed E-state index contributed by atoms with van der Waals surface area (Å²) in [5, 5.41) is 0. The minimum Gasteiger partial charge on any atom is -0.503 e. The Bertz CT molecular complexity index is 570. The largest absolute Gasteiger partial charge is 0.503 e. The van der Waals surface area contributed by atoms with E-state index in [-0.39, 0.29) is 5.41 Å². The fraction of sp³-hybridized carbons (Fsp3) is 0.368. The van der Waals surface area contributed by atoms with Gasteiger partial charge < -0.3 is 4.81 Å². The molecule has 1 atom stereocenters. The number of hydrogen-bond acceptors (Lipinski definition) is 1. The van der Waals surface area contributed by atoms with Crippen molar-refractivity contribution in [3.05, 3.63) is 71.8 Å². The number of nitrogens with zero attached hydrogens (tertiary/aromatic N) is 1. The van der Waals surface area contributed by atoms with E-state index in [4.69, 9.17) is 0 Å². The maximum Gasteiger partial charge on any atom is 0.0000378 e. The molecule has 0 aliphatic carbocycles. The quantitative estimate of drug-likeness (QED) is 0.747. The number of fused-ring (bicyclic) bond motifs is 1. The Morgan fingerprint density at radius 1 is 0.952 bits per heavy atom. The van der Waals surface area contributed by atoms with Gasteiger partial charge in [0.25, 0.3) is 0 Å². The van der Waals surface area contributed by atoms with E-state index >= 15 is 0 Å². The molecule has 0 aromatic heterocycles. The Kier molecular flexibility index (Phi) is 3.15. The summed E-state index contributed by atoms with van der Waals surface area (Å²) in [4.78, 5) is 2.75. The maximum absolute atomic E-state index is 2.75. The van der Waals surface area contributed by atoms with Crippen LogP contribution in [0, 0.1) is 0 Å². The van der Waals surface area contributed by atoms with Crippen molar-refractivity contribution in [3.63, 3.8) is 0 Å². The van der Waals surface area contributed by atoms with E-state index in [0.29, 0.717) is 12.9 Å². The van der Waals surface area contributed by atoms with Gasteiger partial charge in [-0.05, 0) is 36.6 Å². The monoisotopic (exact) mass is 275 g/mol. The van der Waals surface area contributed by atoms with Gasteiger partial charge in [0.05, 0.1) is 0 Å². The normalized spacial score (nSPS) is 25.1. The molecule has 2 aliphatic rings. The molecule has 2 aromatic rings. The Morgan fingerprint density at radius 3 is 2.10 bits per heavy atom.